The third-order valence-corrected chi connectivity index (χ3v) is 3.81. The molecule has 0 saturated heterocycles. The Morgan fingerprint density at radius 1 is 1.38 bits per heavy atom. The minimum Gasteiger partial charge on any atom is -0.464 e. The van der Waals surface area contributed by atoms with Crippen LogP contribution in [0.3, 0.4) is 0 Å². The first-order chi connectivity index (χ1) is 10.0. The molecule has 0 aromatic carbocycles. The Hall–Kier alpha value is -1.59. The van der Waals surface area contributed by atoms with Gasteiger partial charge in [-0.05, 0) is 33.2 Å². The zero-order chi connectivity index (χ0) is 15.4. The third-order valence-electron chi connectivity index (χ3n) is 3.81. The van der Waals surface area contributed by atoms with E-state index in [1.807, 2.05) is 17.9 Å². The van der Waals surface area contributed by atoms with Crippen LogP contribution in [-0.4, -0.2) is 35.3 Å². The van der Waals surface area contributed by atoms with Crippen LogP contribution in [0, 0.1) is 0 Å². The fourth-order valence-corrected chi connectivity index (χ4v) is 2.42. The fourth-order valence-electron chi connectivity index (χ4n) is 2.42. The fraction of sp³-hybridized carbons (Fsp3) is 0.562. The zero-order valence-corrected chi connectivity index (χ0v) is 13.6. The first-order valence-corrected chi connectivity index (χ1v) is 7.48. The van der Waals surface area contributed by atoms with Crippen molar-refractivity contribution < 1.29 is 4.42 Å². The number of nitrogens with one attached hydrogen (secondary N) is 1. The van der Waals surface area contributed by atoms with Gasteiger partial charge in [0.05, 0.1) is 12.2 Å². The summed E-state index contributed by atoms with van der Waals surface area (Å²) in [7, 11) is 6.12. The Kier molecular flexibility index (Phi) is 5.20. The lowest BCUT2D eigenvalue weighted by Gasteiger charge is -2.25. The SMILES string of the molecule is CCc1ccc([C@H](C)NC[C@H](c2cnn(C)c2)N(C)C)o1. The summed E-state index contributed by atoms with van der Waals surface area (Å²) in [5.74, 6) is 2.03. The topological polar surface area (TPSA) is 46.2 Å². The smallest absolute Gasteiger partial charge is 0.120 e. The van der Waals surface area contributed by atoms with Crippen molar-refractivity contribution in [2.75, 3.05) is 20.6 Å². The second kappa shape index (κ2) is 6.91. The lowest BCUT2D eigenvalue weighted by Crippen LogP contribution is -2.32. The summed E-state index contributed by atoms with van der Waals surface area (Å²) >= 11 is 0. The van der Waals surface area contributed by atoms with Crippen LogP contribution in [0.5, 0.6) is 0 Å². The first kappa shape index (κ1) is 15.8. The van der Waals surface area contributed by atoms with Gasteiger partial charge in [0, 0.05) is 37.8 Å². The largest absolute Gasteiger partial charge is 0.464 e. The van der Waals surface area contributed by atoms with Crippen molar-refractivity contribution in [1.82, 2.24) is 20.0 Å². The highest BCUT2D eigenvalue weighted by atomic mass is 16.3. The highest BCUT2D eigenvalue weighted by molar-refractivity contribution is 5.13. The minimum atomic E-state index is 0.199. The molecule has 116 valence electrons. The first-order valence-electron chi connectivity index (χ1n) is 7.48. The van der Waals surface area contributed by atoms with Gasteiger partial charge in [-0.1, -0.05) is 6.92 Å². The van der Waals surface area contributed by atoms with E-state index in [0.717, 1.165) is 24.5 Å². The highest BCUT2D eigenvalue weighted by Crippen LogP contribution is 2.20. The van der Waals surface area contributed by atoms with E-state index in [2.05, 4.69) is 61.6 Å². The number of nitrogens with zero attached hydrogens (tertiary/aromatic N) is 3. The van der Waals surface area contributed by atoms with E-state index < -0.39 is 0 Å². The van der Waals surface area contributed by atoms with E-state index in [1.165, 1.54) is 5.56 Å². The van der Waals surface area contributed by atoms with Gasteiger partial charge < -0.3 is 14.6 Å². The summed E-state index contributed by atoms with van der Waals surface area (Å²) < 4.78 is 7.65. The molecule has 5 heteroatoms. The maximum Gasteiger partial charge on any atom is 0.120 e. The van der Waals surface area contributed by atoms with Crippen LogP contribution in [0.15, 0.2) is 28.9 Å². The van der Waals surface area contributed by atoms with E-state index in [0.29, 0.717) is 6.04 Å². The molecule has 2 heterocycles. The summed E-state index contributed by atoms with van der Waals surface area (Å²) in [6, 6.07) is 4.61. The van der Waals surface area contributed by atoms with E-state index in [9.17, 15) is 0 Å². The highest BCUT2D eigenvalue weighted by Gasteiger charge is 2.18. The standard InChI is InChI=1S/C16H26N4O/c1-6-14-7-8-16(21-14)12(2)17-10-15(19(3)4)13-9-18-20(5)11-13/h7-9,11-12,15,17H,6,10H2,1-5H3/t12-,15+/m0/s1. The maximum absolute atomic E-state index is 5.80. The van der Waals surface area contributed by atoms with Gasteiger partial charge >= 0.3 is 0 Å². The number of likely N-dealkylation sites (N-methyl/N-ethyl adjacent to an activating group) is 1. The molecule has 2 aromatic heterocycles. The van der Waals surface area contributed by atoms with E-state index in [1.54, 1.807) is 0 Å². The molecule has 2 atom stereocenters. The van der Waals surface area contributed by atoms with Crippen molar-refractivity contribution in [2.24, 2.45) is 7.05 Å². The van der Waals surface area contributed by atoms with Gasteiger partial charge in [-0.25, -0.2) is 0 Å². The molecule has 0 bridgehead atoms. The molecule has 5 nitrogen and oxygen atoms in total. The number of aryl methyl sites for hydroxylation is 2. The molecular weight excluding hydrogens is 264 g/mol. The molecule has 0 spiro atoms. The van der Waals surface area contributed by atoms with Crippen molar-refractivity contribution in [3.05, 3.63) is 41.6 Å². The van der Waals surface area contributed by atoms with E-state index in [4.69, 9.17) is 4.42 Å². The molecular formula is C16H26N4O. The van der Waals surface area contributed by atoms with Crippen LogP contribution in [-0.2, 0) is 13.5 Å². The monoisotopic (exact) mass is 290 g/mol. The van der Waals surface area contributed by atoms with E-state index >= 15 is 0 Å². The van der Waals surface area contributed by atoms with Crippen molar-refractivity contribution in [2.45, 2.75) is 32.4 Å². The average molecular weight is 290 g/mol. The van der Waals surface area contributed by atoms with Crippen molar-refractivity contribution in [1.29, 1.82) is 0 Å². The summed E-state index contributed by atoms with van der Waals surface area (Å²) in [5, 5.41) is 7.82. The van der Waals surface area contributed by atoms with Gasteiger partial charge in [0.15, 0.2) is 0 Å². The Morgan fingerprint density at radius 2 is 2.14 bits per heavy atom. The van der Waals surface area contributed by atoms with Gasteiger partial charge in [-0.2, -0.15) is 5.10 Å². The van der Waals surface area contributed by atoms with Crippen LogP contribution in [0.1, 0.15) is 43.0 Å². The normalized spacial score (nSPS) is 14.6. The minimum absolute atomic E-state index is 0.199. The number of rotatable bonds is 7. The second-order valence-corrected chi connectivity index (χ2v) is 5.71. The predicted molar refractivity (Wildman–Crippen MR) is 84.1 cm³/mol. The lowest BCUT2D eigenvalue weighted by atomic mass is 10.1. The van der Waals surface area contributed by atoms with Crippen LogP contribution < -0.4 is 5.32 Å². The molecule has 0 unspecified atom stereocenters. The van der Waals surface area contributed by atoms with Gasteiger partial charge in [-0.15, -0.1) is 0 Å². The lowest BCUT2D eigenvalue weighted by molar-refractivity contribution is 0.275. The van der Waals surface area contributed by atoms with Crippen LogP contribution in [0.4, 0.5) is 0 Å². The zero-order valence-electron chi connectivity index (χ0n) is 13.6. The van der Waals surface area contributed by atoms with Gasteiger partial charge in [0.1, 0.15) is 11.5 Å². The van der Waals surface area contributed by atoms with Crippen LogP contribution >= 0.6 is 0 Å². The van der Waals surface area contributed by atoms with Crippen LogP contribution in [0.2, 0.25) is 0 Å². The summed E-state index contributed by atoms with van der Waals surface area (Å²) in [5.41, 5.74) is 1.22. The van der Waals surface area contributed by atoms with E-state index in [-0.39, 0.29) is 6.04 Å². The molecule has 2 rings (SSSR count). The second-order valence-electron chi connectivity index (χ2n) is 5.71. The van der Waals surface area contributed by atoms with Gasteiger partial charge in [0.2, 0.25) is 0 Å². The molecule has 0 aliphatic carbocycles. The number of aromatic nitrogens is 2. The Bertz CT molecular complexity index is 558. The quantitative estimate of drug-likeness (QED) is 0.851. The Morgan fingerprint density at radius 3 is 2.67 bits per heavy atom. The molecule has 21 heavy (non-hydrogen) atoms. The maximum atomic E-state index is 5.80. The van der Waals surface area contributed by atoms with Crippen molar-refractivity contribution in [3.8, 4) is 0 Å². The summed E-state index contributed by atoms with van der Waals surface area (Å²) in [4.78, 5) is 2.20. The molecule has 0 aliphatic heterocycles. The molecule has 0 aliphatic rings. The Labute approximate surface area is 126 Å². The van der Waals surface area contributed by atoms with Gasteiger partial charge in [0.25, 0.3) is 0 Å². The number of hydrogen-bond donors (Lipinski definition) is 1. The molecule has 0 fully saturated rings. The third kappa shape index (κ3) is 3.95. The average Bonchev–Trinajstić information content (AvgIpc) is 3.07. The summed E-state index contributed by atoms with van der Waals surface area (Å²) in [6.45, 7) is 5.08. The number of hydrogen-bond acceptors (Lipinski definition) is 4. The molecule has 2 aromatic rings. The number of furan rings is 1. The van der Waals surface area contributed by atoms with Crippen molar-refractivity contribution in [3.63, 3.8) is 0 Å². The van der Waals surface area contributed by atoms with Crippen LogP contribution in [0.25, 0.3) is 0 Å². The Balaban J connectivity index is 1.98. The predicted octanol–water partition coefficient (Wildman–Crippen LogP) is 2.53. The van der Waals surface area contributed by atoms with Crippen molar-refractivity contribution >= 4 is 0 Å². The molecule has 1 N–H and O–H groups in total. The molecule has 0 radical (unpaired) electrons. The van der Waals surface area contributed by atoms with Gasteiger partial charge in [-0.3, -0.25) is 4.68 Å². The molecule has 0 amide bonds. The summed E-state index contributed by atoms with van der Waals surface area (Å²) in [6.07, 6.45) is 4.93. The molecule has 0 saturated carbocycles.